The van der Waals surface area contributed by atoms with Gasteiger partial charge < -0.3 is 40.2 Å². The molecule has 7 atom stereocenters. The quantitative estimate of drug-likeness (QED) is 0.139. The van der Waals surface area contributed by atoms with E-state index in [1.165, 1.54) is 29.4 Å². The molecule has 7 rings (SSSR count). The van der Waals surface area contributed by atoms with Crippen LogP contribution in [0.5, 0.6) is 11.5 Å². The molecule has 3 heterocycles. The number of benzene rings is 1. The van der Waals surface area contributed by atoms with Crippen LogP contribution >= 0.6 is 22.9 Å². The lowest BCUT2D eigenvalue weighted by atomic mass is 9.85. The minimum absolute atomic E-state index is 0.0205. The molecule has 2 bridgehead atoms. The van der Waals surface area contributed by atoms with Gasteiger partial charge in [0.1, 0.15) is 52.0 Å². The smallest absolute Gasteiger partial charge is 0.408 e. The molecule has 0 radical (unpaired) electrons. The van der Waals surface area contributed by atoms with Gasteiger partial charge in [0.25, 0.3) is 0 Å². The first-order valence-corrected chi connectivity index (χ1v) is 20.5. The highest BCUT2D eigenvalue weighted by atomic mass is 35.5. The number of nitrogens with zero attached hydrogens (tertiary/aromatic N) is 3. The third-order valence-electron chi connectivity index (χ3n) is 11.3. The molecular formula is C41H49ClN6O8S. The molecule has 0 spiro atoms. The van der Waals surface area contributed by atoms with E-state index < -0.39 is 58.9 Å². The Morgan fingerprint density at radius 1 is 1.11 bits per heavy atom. The molecule has 16 heteroatoms. The molecule has 2 saturated carbocycles. The molecule has 3 unspecified atom stereocenters. The van der Waals surface area contributed by atoms with Crippen molar-refractivity contribution < 1.29 is 38.5 Å². The highest BCUT2D eigenvalue weighted by Gasteiger charge is 2.61. The van der Waals surface area contributed by atoms with Gasteiger partial charge in [-0.3, -0.25) is 9.59 Å². The number of carboxylic acids is 1. The second-order valence-corrected chi connectivity index (χ2v) is 18.0. The monoisotopic (exact) mass is 820 g/mol. The van der Waals surface area contributed by atoms with Gasteiger partial charge in [-0.15, -0.1) is 17.9 Å². The SMILES string of the molecule is C=CC1C[C@]1(NC(=O)[C@@H]1C[C@@H](Oc2cc(-c3csc(NC(C)C)n3)nc3c(Cl)c(OC)ccc23)CN1C(=O)[C@@H](NC(=O)OC1C2C=CC1CC2)C(C)(C)C)C(=O)O. The molecule has 1 aliphatic heterocycles. The molecule has 2 aromatic heterocycles. The van der Waals surface area contributed by atoms with E-state index >= 15 is 0 Å². The number of pyridine rings is 1. The van der Waals surface area contributed by atoms with Crippen molar-refractivity contribution in [2.24, 2.45) is 23.2 Å². The minimum atomic E-state index is -1.53. The Bertz CT molecular complexity index is 2120. The summed E-state index contributed by atoms with van der Waals surface area (Å²) in [6.07, 6.45) is 5.97. The number of alkyl carbamates (subject to hydrolysis) is 1. The molecule has 304 valence electrons. The molecular weight excluding hydrogens is 772 g/mol. The Kier molecular flexibility index (Phi) is 10.9. The zero-order chi connectivity index (χ0) is 41.0. The van der Waals surface area contributed by atoms with Crippen LogP contribution in [0.25, 0.3) is 22.3 Å². The van der Waals surface area contributed by atoms with E-state index in [1.54, 1.807) is 18.2 Å². The van der Waals surface area contributed by atoms with Crippen LogP contribution in [0.4, 0.5) is 9.93 Å². The fourth-order valence-electron chi connectivity index (χ4n) is 8.17. The number of anilines is 1. The summed E-state index contributed by atoms with van der Waals surface area (Å²) in [5.41, 5.74) is -0.866. The van der Waals surface area contributed by atoms with Crippen LogP contribution in [0.2, 0.25) is 5.02 Å². The molecule has 14 nitrogen and oxygen atoms in total. The average Bonchev–Trinajstić information content (AvgIpc) is 3.61. The van der Waals surface area contributed by atoms with Crippen molar-refractivity contribution in [3.8, 4) is 22.9 Å². The number of halogens is 1. The second-order valence-electron chi connectivity index (χ2n) is 16.7. The maximum Gasteiger partial charge on any atom is 0.408 e. The third kappa shape index (κ3) is 7.88. The number of nitrogens with one attached hydrogen (secondary N) is 3. The molecule has 57 heavy (non-hydrogen) atoms. The lowest BCUT2D eigenvalue weighted by Crippen LogP contribution is -2.59. The summed E-state index contributed by atoms with van der Waals surface area (Å²) in [4.78, 5) is 65.7. The number of likely N-dealkylation sites (tertiary alicyclic amines) is 1. The summed E-state index contributed by atoms with van der Waals surface area (Å²) in [6.45, 7) is 13.2. The normalized spacial score (nSPS) is 26.6. The van der Waals surface area contributed by atoms with Crippen molar-refractivity contribution in [2.75, 3.05) is 19.0 Å². The molecule has 3 aliphatic carbocycles. The largest absolute Gasteiger partial charge is 0.495 e. The first-order valence-electron chi connectivity index (χ1n) is 19.2. The van der Waals surface area contributed by atoms with Gasteiger partial charge in [-0.1, -0.05) is 50.6 Å². The Labute approximate surface area is 340 Å². The van der Waals surface area contributed by atoms with E-state index in [0.717, 1.165) is 12.8 Å². The topological polar surface area (TPSA) is 181 Å². The van der Waals surface area contributed by atoms with Gasteiger partial charge in [0.05, 0.1) is 24.9 Å². The van der Waals surface area contributed by atoms with Crippen LogP contribution < -0.4 is 25.4 Å². The Balaban J connectivity index is 1.21. The summed E-state index contributed by atoms with van der Waals surface area (Å²) in [5.74, 6) is -1.75. The molecule has 3 fully saturated rings. The van der Waals surface area contributed by atoms with Crippen LogP contribution in [0, 0.1) is 23.2 Å². The van der Waals surface area contributed by atoms with E-state index in [1.807, 2.05) is 40.0 Å². The zero-order valence-electron chi connectivity index (χ0n) is 32.8. The Morgan fingerprint density at radius 3 is 2.42 bits per heavy atom. The predicted molar refractivity (Wildman–Crippen MR) is 217 cm³/mol. The van der Waals surface area contributed by atoms with Crippen molar-refractivity contribution in [3.05, 3.63) is 53.4 Å². The maximum absolute atomic E-state index is 14.7. The van der Waals surface area contributed by atoms with Gasteiger partial charge >= 0.3 is 12.1 Å². The number of carbonyl (C=O) groups excluding carboxylic acids is 3. The van der Waals surface area contributed by atoms with E-state index in [4.69, 9.17) is 35.8 Å². The number of methoxy groups -OCH3 is 1. The number of carbonyl (C=O) groups is 4. The fraction of sp³-hybridized carbons (Fsp3) is 0.512. The predicted octanol–water partition coefficient (Wildman–Crippen LogP) is 6.44. The summed E-state index contributed by atoms with van der Waals surface area (Å²) >= 11 is 8.25. The van der Waals surface area contributed by atoms with Crippen molar-refractivity contribution in [1.82, 2.24) is 25.5 Å². The lowest BCUT2D eigenvalue weighted by molar-refractivity contribution is -0.146. The number of aliphatic carboxylic acids is 1. The summed E-state index contributed by atoms with van der Waals surface area (Å²) in [7, 11) is 1.51. The van der Waals surface area contributed by atoms with Gasteiger partial charge in [0.2, 0.25) is 11.8 Å². The van der Waals surface area contributed by atoms with Gasteiger partial charge in [0.15, 0.2) is 5.13 Å². The highest BCUT2D eigenvalue weighted by Crippen LogP contribution is 2.46. The van der Waals surface area contributed by atoms with Crippen LogP contribution in [0.15, 0.2) is 48.4 Å². The number of hydrogen-bond acceptors (Lipinski definition) is 11. The van der Waals surface area contributed by atoms with Crippen molar-refractivity contribution in [2.45, 2.75) is 96.2 Å². The summed E-state index contributed by atoms with van der Waals surface area (Å²) in [5, 5.41) is 22.4. The number of ether oxygens (including phenoxy) is 3. The van der Waals surface area contributed by atoms with Crippen LogP contribution in [-0.4, -0.2) is 93.4 Å². The lowest BCUT2D eigenvalue weighted by Gasteiger charge is -2.35. The summed E-state index contributed by atoms with van der Waals surface area (Å²) in [6, 6.07) is 3.15. The first kappa shape index (κ1) is 40.3. The average molecular weight is 821 g/mol. The van der Waals surface area contributed by atoms with Crippen LogP contribution in [0.1, 0.15) is 60.3 Å². The number of fused-ring (bicyclic) bond motifs is 3. The summed E-state index contributed by atoms with van der Waals surface area (Å²) < 4.78 is 18.1. The number of amides is 3. The second kappa shape index (κ2) is 15.5. The van der Waals surface area contributed by atoms with E-state index in [-0.39, 0.29) is 48.4 Å². The maximum atomic E-state index is 14.7. The molecule has 3 aromatic rings. The minimum Gasteiger partial charge on any atom is -0.495 e. The molecule has 3 amide bonds. The number of aromatic nitrogens is 2. The Hall–Kier alpha value is -4.89. The zero-order valence-corrected chi connectivity index (χ0v) is 34.4. The van der Waals surface area contributed by atoms with Crippen molar-refractivity contribution in [1.29, 1.82) is 0 Å². The van der Waals surface area contributed by atoms with Gasteiger partial charge in [-0.25, -0.2) is 19.6 Å². The third-order valence-corrected chi connectivity index (χ3v) is 12.5. The van der Waals surface area contributed by atoms with Gasteiger partial charge in [0, 0.05) is 47.0 Å². The van der Waals surface area contributed by atoms with Gasteiger partial charge in [-0.05, 0) is 50.7 Å². The molecule has 1 aromatic carbocycles. The number of rotatable bonds is 13. The standard InChI is InChI=1S/C41H49ClN6O8S/c1-8-23-17-41(23,37(51)52)47-35(49)28-15-24(18-48(28)36(50)34(40(4,5)6)46-39(53)56-33-21-9-10-22(33)12-11-21)55-30-16-26(27-19-57-38(45-27)43-20(2)3)44-32-25(30)13-14-29(54-7)31(32)42/h8-10,13-14,16,19-24,28,33-34H,1,11-12,15,17-18H2,2-7H3,(H,43,45)(H,46,53)(H,47,49)(H,51,52)/t21?,22?,23?,24-,28+,33?,34-,41-/m1/s1. The fourth-order valence-corrected chi connectivity index (χ4v) is 9.30. The van der Waals surface area contributed by atoms with Gasteiger partial charge in [-0.2, -0.15) is 0 Å². The molecule has 1 saturated heterocycles. The van der Waals surface area contributed by atoms with Crippen LogP contribution in [-0.2, 0) is 19.1 Å². The van der Waals surface area contributed by atoms with Crippen molar-refractivity contribution >= 4 is 62.8 Å². The van der Waals surface area contributed by atoms with Crippen molar-refractivity contribution in [3.63, 3.8) is 0 Å². The first-order chi connectivity index (χ1) is 27.0. The molecule has 4 N–H and O–H groups in total. The van der Waals surface area contributed by atoms with E-state index in [2.05, 4.69) is 34.7 Å². The van der Waals surface area contributed by atoms with E-state index in [0.29, 0.717) is 38.9 Å². The number of carboxylic acid groups (broad SMARTS) is 1. The highest BCUT2D eigenvalue weighted by molar-refractivity contribution is 7.14. The molecule has 4 aliphatic rings. The number of thiazole rings is 1. The Morgan fingerprint density at radius 2 is 1.82 bits per heavy atom. The van der Waals surface area contributed by atoms with E-state index in [9.17, 15) is 24.3 Å². The van der Waals surface area contributed by atoms with Crippen LogP contribution in [0.3, 0.4) is 0 Å². The number of hydrogen-bond donors (Lipinski definition) is 4.